The van der Waals surface area contributed by atoms with Gasteiger partial charge in [0.1, 0.15) is 0 Å². The van der Waals surface area contributed by atoms with E-state index < -0.39 is 0 Å². The van der Waals surface area contributed by atoms with E-state index in [-0.39, 0.29) is 11.9 Å². The lowest BCUT2D eigenvalue weighted by Gasteiger charge is -2.43. The van der Waals surface area contributed by atoms with Gasteiger partial charge >= 0.3 is 0 Å². The molecule has 0 aromatic heterocycles. The zero-order chi connectivity index (χ0) is 14.8. The van der Waals surface area contributed by atoms with E-state index in [1.165, 1.54) is 18.5 Å². The minimum atomic E-state index is 0.133. The molecule has 21 heavy (non-hydrogen) atoms. The third kappa shape index (κ3) is 2.91. The number of fused-ring (bicyclic) bond motifs is 1. The van der Waals surface area contributed by atoms with Gasteiger partial charge in [0.2, 0.25) is 5.91 Å². The fraction of sp³-hybridized carbons (Fsp3) is 0.588. The molecular weight excluding hydrogens is 262 g/mol. The molecule has 0 saturated carbocycles. The Labute approximate surface area is 127 Å². The first-order valence-electron chi connectivity index (χ1n) is 8.01. The Morgan fingerprint density at radius 1 is 1.33 bits per heavy atom. The van der Waals surface area contributed by atoms with Crippen LogP contribution >= 0.6 is 0 Å². The van der Waals surface area contributed by atoms with Gasteiger partial charge in [0.15, 0.2) is 0 Å². The van der Waals surface area contributed by atoms with Gasteiger partial charge in [-0.05, 0) is 50.9 Å². The largest absolute Gasteiger partial charge is 0.367 e. The maximum atomic E-state index is 12.0. The van der Waals surface area contributed by atoms with Gasteiger partial charge in [-0.1, -0.05) is 12.1 Å². The molecule has 114 valence electrons. The molecule has 1 aromatic rings. The number of nitrogens with one attached hydrogen (secondary N) is 1. The zero-order valence-electron chi connectivity index (χ0n) is 13.0. The molecule has 2 heterocycles. The summed E-state index contributed by atoms with van der Waals surface area (Å²) in [6, 6.07) is 8.53. The van der Waals surface area contributed by atoms with Gasteiger partial charge in [-0.25, -0.2) is 0 Å². The highest BCUT2D eigenvalue weighted by Crippen LogP contribution is 2.36. The fourth-order valence-corrected chi connectivity index (χ4v) is 3.72. The van der Waals surface area contributed by atoms with Crippen molar-refractivity contribution in [2.75, 3.05) is 36.0 Å². The molecule has 1 N–H and O–H groups in total. The minimum Gasteiger partial charge on any atom is -0.367 e. The number of carbonyl (C=O) groups is 1. The Kier molecular flexibility index (Phi) is 4.15. The van der Waals surface area contributed by atoms with Crippen LogP contribution in [0.3, 0.4) is 0 Å². The summed E-state index contributed by atoms with van der Waals surface area (Å²) in [5, 5.41) is 3.50. The van der Waals surface area contributed by atoms with Crippen LogP contribution in [-0.2, 0) is 4.79 Å². The number of anilines is 2. The Morgan fingerprint density at radius 2 is 2.10 bits per heavy atom. The van der Waals surface area contributed by atoms with E-state index in [1.807, 2.05) is 11.0 Å². The standard InChI is InChI=1S/C17H25N3O/c1-13-11-19(12-15-6-5-9-18-10-15)16-7-3-4-8-17(16)20(13)14(2)21/h3-4,7-8,13,15,18H,5-6,9-12H2,1-2H3/t13-,15?/m0/s1. The first-order valence-corrected chi connectivity index (χ1v) is 8.01. The van der Waals surface area contributed by atoms with Crippen LogP contribution in [0.2, 0.25) is 0 Å². The first-order chi connectivity index (χ1) is 10.2. The van der Waals surface area contributed by atoms with Crippen LogP contribution in [0, 0.1) is 5.92 Å². The highest BCUT2D eigenvalue weighted by atomic mass is 16.2. The third-order valence-electron chi connectivity index (χ3n) is 4.62. The van der Waals surface area contributed by atoms with Crippen LogP contribution in [0.5, 0.6) is 0 Å². The van der Waals surface area contributed by atoms with Crippen molar-refractivity contribution in [1.82, 2.24) is 5.32 Å². The summed E-state index contributed by atoms with van der Waals surface area (Å²) in [5.74, 6) is 0.844. The van der Waals surface area contributed by atoms with Gasteiger partial charge in [0, 0.05) is 20.0 Å². The van der Waals surface area contributed by atoms with Crippen LogP contribution in [0.4, 0.5) is 11.4 Å². The molecule has 4 heteroatoms. The number of hydrogen-bond acceptors (Lipinski definition) is 3. The highest BCUT2D eigenvalue weighted by molar-refractivity contribution is 5.97. The summed E-state index contributed by atoms with van der Waals surface area (Å²) >= 11 is 0. The second kappa shape index (κ2) is 6.06. The maximum absolute atomic E-state index is 12.0. The molecule has 0 spiro atoms. The zero-order valence-corrected chi connectivity index (χ0v) is 13.0. The summed E-state index contributed by atoms with van der Waals surface area (Å²) < 4.78 is 0. The molecule has 2 aliphatic heterocycles. The summed E-state index contributed by atoms with van der Waals surface area (Å²) in [5.41, 5.74) is 2.27. The number of carbonyl (C=O) groups excluding carboxylic acids is 1. The smallest absolute Gasteiger partial charge is 0.224 e. The Balaban J connectivity index is 1.85. The van der Waals surface area contributed by atoms with E-state index in [0.29, 0.717) is 5.92 Å². The summed E-state index contributed by atoms with van der Waals surface area (Å²) in [6.07, 6.45) is 2.58. The van der Waals surface area contributed by atoms with Crippen molar-refractivity contribution in [2.24, 2.45) is 5.92 Å². The van der Waals surface area contributed by atoms with Crippen LogP contribution in [-0.4, -0.2) is 38.1 Å². The lowest BCUT2D eigenvalue weighted by molar-refractivity contribution is -0.117. The van der Waals surface area contributed by atoms with Gasteiger partial charge < -0.3 is 15.1 Å². The van der Waals surface area contributed by atoms with E-state index in [2.05, 4.69) is 35.3 Å². The normalized spacial score (nSPS) is 25.6. The fourth-order valence-electron chi connectivity index (χ4n) is 3.72. The van der Waals surface area contributed by atoms with Gasteiger partial charge in [0.25, 0.3) is 0 Å². The van der Waals surface area contributed by atoms with Crippen LogP contribution in [0.25, 0.3) is 0 Å². The van der Waals surface area contributed by atoms with Gasteiger partial charge in [-0.2, -0.15) is 0 Å². The number of nitrogens with zero attached hydrogens (tertiary/aromatic N) is 2. The number of benzene rings is 1. The van der Waals surface area contributed by atoms with Crippen molar-refractivity contribution in [3.63, 3.8) is 0 Å². The number of para-hydroxylation sites is 2. The van der Waals surface area contributed by atoms with Crippen molar-refractivity contribution >= 4 is 17.3 Å². The van der Waals surface area contributed by atoms with E-state index in [9.17, 15) is 4.79 Å². The Bertz CT molecular complexity index is 511. The number of piperidine rings is 1. The van der Waals surface area contributed by atoms with Crippen LogP contribution < -0.4 is 15.1 Å². The van der Waals surface area contributed by atoms with E-state index in [1.54, 1.807) is 6.92 Å². The summed E-state index contributed by atoms with van der Waals surface area (Å²) in [4.78, 5) is 16.4. The predicted octanol–water partition coefficient (Wildman–Crippen LogP) is 2.25. The van der Waals surface area contributed by atoms with Crippen molar-refractivity contribution in [2.45, 2.75) is 32.7 Å². The molecule has 1 aromatic carbocycles. The van der Waals surface area contributed by atoms with Crippen molar-refractivity contribution in [1.29, 1.82) is 0 Å². The number of hydrogen-bond donors (Lipinski definition) is 1. The Hall–Kier alpha value is -1.55. The van der Waals surface area contributed by atoms with Crippen LogP contribution in [0.1, 0.15) is 26.7 Å². The second-order valence-corrected chi connectivity index (χ2v) is 6.34. The SMILES string of the molecule is CC(=O)N1c2ccccc2N(CC2CCCNC2)C[C@@H]1C. The van der Waals surface area contributed by atoms with E-state index in [0.717, 1.165) is 31.9 Å². The van der Waals surface area contributed by atoms with Crippen molar-refractivity contribution in [3.8, 4) is 0 Å². The maximum Gasteiger partial charge on any atom is 0.224 e. The minimum absolute atomic E-state index is 0.133. The Morgan fingerprint density at radius 3 is 2.76 bits per heavy atom. The van der Waals surface area contributed by atoms with E-state index in [4.69, 9.17) is 0 Å². The molecule has 0 bridgehead atoms. The highest BCUT2D eigenvalue weighted by Gasteiger charge is 2.31. The van der Waals surface area contributed by atoms with Crippen molar-refractivity contribution in [3.05, 3.63) is 24.3 Å². The van der Waals surface area contributed by atoms with Gasteiger partial charge in [0.05, 0.1) is 17.4 Å². The molecule has 0 aliphatic carbocycles. The van der Waals surface area contributed by atoms with E-state index >= 15 is 0 Å². The monoisotopic (exact) mass is 287 g/mol. The molecule has 2 atom stereocenters. The molecule has 0 radical (unpaired) electrons. The lowest BCUT2D eigenvalue weighted by atomic mass is 9.97. The topological polar surface area (TPSA) is 35.6 Å². The first kappa shape index (κ1) is 14.4. The van der Waals surface area contributed by atoms with Gasteiger partial charge in [-0.15, -0.1) is 0 Å². The molecule has 1 saturated heterocycles. The molecule has 1 amide bonds. The molecule has 4 nitrogen and oxygen atoms in total. The number of rotatable bonds is 2. The summed E-state index contributed by atoms with van der Waals surface area (Å²) in [7, 11) is 0. The third-order valence-corrected chi connectivity index (χ3v) is 4.62. The van der Waals surface area contributed by atoms with Crippen molar-refractivity contribution < 1.29 is 4.79 Å². The average molecular weight is 287 g/mol. The predicted molar refractivity (Wildman–Crippen MR) is 86.9 cm³/mol. The van der Waals surface area contributed by atoms with Crippen LogP contribution in [0.15, 0.2) is 24.3 Å². The number of amides is 1. The van der Waals surface area contributed by atoms with Gasteiger partial charge in [-0.3, -0.25) is 4.79 Å². The lowest BCUT2D eigenvalue weighted by Crippen LogP contribution is -2.51. The molecule has 1 fully saturated rings. The summed E-state index contributed by atoms with van der Waals surface area (Å²) in [6.45, 7) is 8.08. The average Bonchev–Trinajstić information content (AvgIpc) is 2.48. The molecule has 2 aliphatic rings. The molecular formula is C17H25N3O. The molecule has 1 unspecified atom stereocenters. The molecule has 3 rings (SSSR count). The second-order valence-electron chi connectivity index (χ2n) is 6.34. The quantitative estimate of drug-likeness (QED) is 0.906.